The van der Waals surface area contributed by atoms with E-state index in [2.05, 4.69) is 12.2 Å². The standard InChI is InChI=1S/C13H22N2O3S/c1-3-4-8-18-9-7-15-13-6-5-11(10-12(13)14)19(2,16)17/h5-6,10,15H,3-4,7-9,14H2,1-2H3. The van der Waals surface area contributed by atoms with Gasteiger partial charge < -0.3 is 15.8 Å². The summed E-state index contributed by atoms with van der Waals surface area (Å²) in [7, 11) is -3.21. The topological polar surface area (TPSA) is 81.4 Å². The van der Waals surface area contributed by atoms with E-state index < -0.39 is 9.84 Å². The van der Waals surface area contributed by atoms with Crippen LogP contribution in [0.2, 0.25) is 0 Å². The summed E-state index contributed by atoms with van der Waals surface area (Å²) in [5, 5.41) is 3.12. The van der Waals surface area contributed by atoms with Crippen molar-refractivity contribution in [2.75, 3.05) is 37.1 Å². The molecule has 19 heavy (non-hydrogen) atoms. The predicted molar refractivity (Wildman–Crippen MR) is 78.2 cm³/mol. The first kappa shape index (κ1) is 15.8. The Hall–Kier alpha value is -1.27. The molecule has 0 saturated carbocycles. The van der Waals surface area contributed by atoms with Crippen LogP contribution in [0, 0.1) is 0 Å². The van der Waals surface area contributed by atoms with Crippen molar-refractivity contribution in [2.45, 2.75) is 24.7 Å². The smallest absolute Gasteiger partial charge is 0.175 e. The minimum absolute atomic E-state index is 0.231. The van der Waals surface area contributed by atoms with E-state index in [1.54, 1.807) is 12.1 Å². The van der Waals surface area contributed by atoms with E-state index >= 15 is 0 Å². The van der Waals surface area contributed by atoms with E-state index in [4.69, 9.17) is 10.5 Å². The highest BCUT2D eigenvalue weighted by Crippen LogP contribution is 2.22. The third-order valence-electron chi connectivity index (χ3n) is 2.66. The molecule has 0 spiro atoms. The van der Waals surface area contributed by atoms with Gasteiger partial charge in [0, 0.05) is 19.4 Å². The molecule has 0 aliphatic rings. The van der Waals surface area contributed by atoms with Gasteiger partial charge in [-0.15, -0.1) is 0 Å². The fourth-order valence-electron chi connectivity index (χ4n) is 1.54. The molecule has 0 amide bonds. The van der Waals surface area contributed by atoms with Gasteiger partial charge in [-0.2, -0.15) is 0 Å². The lowest BCUT2D eigenvalue weighted by Gasteiger charge is -2.10. The van der Waals surface area contributed by atoms with Gasteiger partial charge in [0.15, 0.2) is 9.84 Å². The molecule has 0 bridgehead atoms. The second-order valence-corrected chi connectivity index (χ2v) is 6.43. The van der Waals surface area contributed by atoms with E-state index in [-0.39, 0.29) is 4.90 Å². The maximum Gasteiger partial charge on any atom is 0.175 e. The summed E-state index contributed by atoms with van der Waals surface area (Å²) < 4.78 is 28.1. The van der Waals surface area contributed by atoms with E-state index in [1.807, 2.05) is 0 Å². The number of nitrogen functional groups attached to an aromatic ring is 1. The quantitative estimate of drug-likeness (QED) is 0.563. The maximum atomic E-state index is 11.4. The molecule has 5 nitrogen and oxygen atoms in total. The van der Waals surface area contributed by atoms with Crippen LogP contribution in [-0.4, -0.2) is 34.4 Å². The van der Waals surface area contributed by atoms with Gasteiger partial charge in [-0.1, -0.05) is 13.3 Å². The highest BCUT2D eigenvalue weighted by atomic mass is 32.2. The van der Waals surface area contributed by atoms with Gasteiger partial charge in [-0.3, -0.25) is 0 Å². The molecule has 0 fully saturated rings. The van der Waals surface area contributed by atoms with Crippen molar-refractivity contribution in [2.24, 2.45) is 0 Å². The molecule has 0 radical (unpaired) electrons. The molecule has 3 N–H and O–H groups in total. The monoisotopic (exact) mass is 286 g/mol. The largest absolute Gasteiger partial charge is 0.397 e. The molecule has 1 rings (SSSR count). The van der Waals surface area contributed by atoms with Crippen molar-refractivity contribution >= 4 is 21.2 Å². The number of hydrogen-bond acceptors (Lipinski definition) is 5. The molecule has 0 aliphatic heterocycles. The lowest BCUT2D eigenvalue weighted by Crippen LogP contribution is -2.11. The van der Waals surface area contributed by atoms with Crippen LogP contribution in [0.5, 0.6) is 0 Å². The van der Waals surface area contributed by atoms with Crippen LogP contribution in [0.4, 0.5) is 11.4 Å². The molecule has 0 unspecified atom stereocenters. The van der Waals surface area contributed by atoms with Crippen molar-refractivity contribution in [3.63, 3.8) is 0 Å². The van der Waals surface area contributed by atoms with Crippen LogP contribution in [0.15, 0.2) is 23.1 Å². The molecule has 0 saturated heterocycles. The second kappa shape index (κ2) is 7.35. The molecule has 0 aromatic heterocycles. The van der Waals surface area contributed by atoms with Crippen LogP contribution >= 0.6 is 0 Å². The predicted octanol–water partition coefficient (Wildman–Crippen LogP) is 1.90. The number of ether oxygens (including phenoxy) is 1. The van der Waals surface area contributed by atoms with Crippen LogP contribution in [-0.2, 0) is 14.6 Å². The first-order valence-electron chi connectivity index (χ1n) is 6.36. The Labute approximate surface area is 115 Å². The fourth-order valence-corrected chi connectivity index (χ4v) is 2.20. The first-order valence-corrected chi connectivity index (χ1v) is 8.25. The molecule has 108 valence electrons. The average molecular weight is 286 g/mol. The van der Waals surface area contributed by atoms with Gasteiger partial charge in [0.1, 0.15) is 0 Å². The maximum absolute atomic E-state index is 11.4. The zero-order valence-corrected chi connectivity index (χ0v) is 12.3. The number of sulfone groups is 1. The van der Waals surface area contributed by atoms with Gasteiger partial charge in [-0.25, -0.2) is 8.42 Å². The number of nitrogens with two attached hydrogens (primary N) is 1. The van der Waals surface area contributed by atoms with Crippen molar-refractivity contribution in [3.05, 3.63) is 18.2 Å². The number of hydrogen-bond donors (Lipinski definition) is 2. The minimum atomic E-state index is -3.21. The summed E-state index contributed by atoms with van der Waals surface area (Å²) in [6, 6.07) is 4.69. The molecule has 1 aromatic carbocycles. The van der Waals surface area contributed by atoms with Gasteiger partial charge in [-0.05, 0) is 24.6 Å². The molecule has 0 heterocycles. The second-order valence-electron chi connectivity index (χ2n) is 4.41. The van der Waals surface area contributed by atoms with E-state index in [1.165, 1.54) is 6.07 Å². The Kier molecular flexibility index (Phi) is 6.11. The third kappa shape index (κ3) is 5.48. The summed E-state index contributed by atoms with van der Waals surface area (Å²) in [6.07, 6.45) is 3.34. The van der Waals surface area contributed by atoms with E-state index in [9.17, 15) is 8.42 Å². The van der Waals surface area contributed by atoms with Gasteiger partial charge in [0.05, 0.1) is 22.9 Å². The lowest BCUT2D eigenvalue weighted by molar-refractivity contribution is 0.141. The molecular formula is C13H22N2O3S. The minimum Gasteiger partial charge on any atom is -0.397 e. The highest BCUT2D eigenvalue weighted by Gasteiger charge is 2.09. The van der Waals surface area contributed by atoms with Crippen LogP contribution in [0.3, 0.4) is 0 Å². The van der Waals surface area contributed by atoms with Crippen molar-refractivity contribution in [1.29, 1.82) is 0 Å². The summed E-state index contributed by atoms with van der Waals surface area (Å²) in [6.45, 7) is 4.13. The normalized spacial score (nSPS) is 11.5. The van der Waals surface area contributed by atoms with Gasteiger partial charge in [0.2, 0.25) is 0 Å². The van der Waals surface area contributed by atoms with E-state index in [0.29, 0.717) is 18.8 Å². The Morgan fingerprint density at radius 2 is 2.05 bits per heavy atom. The van der Waals surface area contributed by atoms with Gasteiger partial charge >= 0.3 is 0 Å². The lowest BCUT2D eigenvalue weighted by atomic mass is 10.2. The zero-order valence-electron chi connectivity index (χ0n) is 11.5. The number of unbranched alkanes of at least 4 members (excludes halogenated alkanes) is 1. The van der Waals surface area contributed by atoms with Crippen molar-refractivity contribution < 1.29 is 13.2 Å². The number of anilines is 2. The Bertz CT molecular complexity index is 501. The summed E-state index contributed by atoms with van der Waals surface area (Å²) >= 11 is 0. The van der Waals surface area contributed by atoms with Crippen LogP contribution < -0.4 is 11.1 Å². The Morgan fingerprint density at radius 3 is 2.63 bits per heavy atom. The fraction of sp³-hybridized carbons (Fsp3) is 0.538. The van der Waals surface area contributed by atoms with Crippen LogP contribution in [0.25, 0.3) is 0 Å². The number of benzene rings is 1. The van der Waals surface area contributed by atoms with Gasteiger partial charge in [0.25, 0.3) is 0 Å². The Balaban J connectivity index is 2.47. The molecule has 0 aliphatic carbocycles. The number of nitrogens with one attached hydrogen (secondary N) is 1. The number of rotatable bonds is 8. The highest BCUT2D eigenvalue weighted by molar-refractivity contribution is 7.90. The molecule has 1 aromatic rings. The first-order chi connectivity index (χ1) is 8.95. The third-order valence-corrected chi connectivity index (χ3v) is 3.77. The molecule has 0 atom stereocenters. The van der Waals surface area contributed by atoms with Crippen molar-refractivity contribution in [1.82, 2.24) is 0 Å². The van der Waals surface area contributed by atoms with Crippen molar-refractivity contribution in [3.8, 4) is 0 Å². The molecule has 6 heteroatoms. The Morgan fingerprint density at radius 1 is 1.32 bits per heavy atom. The zero-order chi connectivity index (χ0) is 14.3. The van der Waals surface area contributed by atoms with E-state index in [0.717, 1.165) is 31.4 Å². The summed E-state index contributed by atoms with van der Waals surface area (Å²) in [4.78, 5) is 0.231. The summed E-state index contributed by atoms with van der Waals surface area (Å²) in [5.74, 6) is 0. The SMILES string of the molecule is CCCCOCCNc1ccc(S(C)(=O)=O)cc1N. The summed E-state index contributed by atoms with van der Waals surface area (Å²) in [5.41, 5.74) is 6.97. The van der Waals surface area contributed by atoms with Crippen LogP contribution in [0.1, 0.15) is 19.8 Å². The average Bonchev–Trinajstić information content (AvgIpc) is 2.34. The molecular weight excluding hydrogens is 264 g/mol.